The molecule has 0 saturated carbocycles. The molecule has 2 aromatic rings. The van der Waals surface area contributed by atoms with Gasteiger partial charge in [-0.05, 0) is 12.3 Å². The summed E-state index contributed by atoms with van der Waals surface area (Å²) in [5, 5.41) is 2.76. The van der Waals surface area contributed by atoms with E-state index < -0.39 is 0 Å². The molecule has 0 atom stereocenters. The van der Waals surface area contributed by atoms with Crippen LogP contribution in [0.4, 0.5) is 0 Å². The first-order valence-electron chi connectivity index (χ1n) is 5.31. The van der Waals surface area contributed by atoms with Gasteiger partial charge in [-0.1, -0.05) is 26.3 Å². The van der Waals surface area contributed by atoms with Crippen molar-refractivity contribution in [3.8, 4) is 0 Å². The molecule has 0 spiro atoms. The average molecular weight is 349 g/mol. The summed E-state index contributed by atoms with van der Waals surface area (Å²) in [4.78, 5) is 0. The maximum atomic E-state index is 2.32. The quantitative estimate of drug-likeness (QED) is 0.676. The molecule has 0 aromatic heterocycles. The number of benzene rings is 1. The summed E-state index contributed by atoms with van der Waals surface area (Å²) in [5.41, 5.74) is 2.82. The Morgan fingerprint density at radius 1 is 1.12 bits per heavy atom. The van der Waals surface area contributed by atoms with E-state index >= 15 is 0 Å². The molecule has 0 radical (unpaired) electrons. The van der Waals surface area contributed by atoms with Gasteiger partial charge in [-0.3, -0.25) is 0 Å². The van der Waals surface area contributed by atoms with Crippen molar-refractivity contribution in [2.24, 2.45) is 5.92 Å². The van der Waals surface area contributed by atoms with Crippen LogP contribution in [-0.2, 0) is 32.6 Å². The van der Waals surface area contributed by atoms with Crippen molar-refractivity contribution >= 4 is 35.6 Å². The molecule has 0 nitrogen and oxygen atoms in total. The van der Waals surface area contributed by atoms with Crippen LogP contribution in [0.3, 0.4) is 0 Å². The van der Waals surface area contributed by atoms with Crippen LogP contribution in [0.1, 0.15) is 25.0 Å². The third-order valence-corrected chi connectivity index (χ3v) is 2.56. The third-order valence-electron chi connectivity index (χ3n) is 2.56. The van der Waals surface area contributed by atoms with Crippen LogP contribution in [0.15, 0.2) is 30.3 Å². The Kier molecular flexibility index (Phi) is 9.70. The summed E-state index contributed by atoms with van der Waals surface area (Å²) in [7, 11) is 0. The normalized spacial score (nSPS) is 9.41. The van der Waals surface area contributed by atoms with E-state index in [9.17, 15) is 0 Å². The van der Waals surface area contributed by atoms with Gasteiger partial charge in [0.2, 0.25) is 0 Å². The van der Waals surface area contributed by atoms with Crippen LogP contribution >= 0.6 is 24.8 Å². The van der Waals surface area contributed by atoms with Crippen molar-refractivity contribution in [2.45, 2.75) is 27.2 Å². The van der Waals surface area contributed by atoms with Crippen LogP contribution in [-0.4, -0.2) is 0 Å². The van der Waals surface area contributed by atoms with Gasteiger partial charge in [-0.25, -0.2) is 0 Å². The second kappa shape index (κ2) is 8.40. The largest absolute Gasteiger partial charge is 0.165 e. The monoisotopic (exact) mass is 347 g/mol. The molecule has 0 fully saturated rings. The Balaban J connectivity index is 0. The van der Waals surface area contributed by atoms with E-state index in [1.165, 1.54) is 28.3 Å². The van der Waals surface area contributed by atoms with Gasteiger partial charge >= 0.3 is 0 Å². The van der Waals surface area contributed by atoms with E-state index in [1.54, 1.807) is 0 Å². The Morgan fingerprint density at radius 2 is 1.76 bits per heavy atom. The van der Waals surface area contributed by atoms with Crippen molar-refractivity contribution in [2.75, 3.05) is 0 Å². The minimum absolute atomic E-state index is 0. The Morgan fingerprint density at radius 3 is 2.35 bits per heavy atom. The van der Waals surface area contributed by atoms with Crippen LogP contribution in [0.25, 0.3) is 10.8 Å². The SMILES string of the molecule is Cc1cc2cc(CC(C)C)ccc2[cH-]1.Cl.Cl.[Zr]. The van der Waals surface area contributed by atoms with E-state index in [0.29, 0.717) is 0 Å². The first kappa shape index (κ1) is 19.6. The number of hydrogen-bond donors (Lipinski definition) is 0. The molecule has 2 aromatic carbocycles. The minimum Gasteiger partial charge on any atom is -0.165 e. The van der Waals surface area contributed by atoms with Gasteiger partial charge in [0, 0.05) is 26.2 Å². The number of hydrogen-bond acceptors (Lipinski definition) is 0. The molecule has 0 amide bonds. The molecule has 0 unspecified atom stereocenters. The molecule has 0 bridgehead atoms. The Bertz CT molecular complexity index is 446. The smallest absolute Gasteiger partial charge is 0 e. The average Bonchev–Trinajstić information content (AvgIpc) is 2.42. The number of fused-ring (bicyclic) bond motifs is 1. The van der Waals surface area contributed by atoms with Crippen molar-refractivity contribution in [3.05, 3.63) is 41.5 Å². The van der Waals surface area contributed by atoms with E-state index in [1.807, 2.05) is 0 Å². The maximum Gasteiger partial charge on any atom is 0 e. The molecule has 0 aliphatic rings. The van der Waals surface area contributed by atoms with Crippen LogP contribution in [0, 0.1) is 12.8 Å². The molecular weight excluding hydrogens is 330 g/mol. The van der Waals surface area contributed by atoms with Crippen LogP contribution < -0.4 is 0 Å². The molecular formula is C14H19Cl2Zr-. The summed E-state index contributed by atoms with van der Waals surface area (Å²) in [6.45, 7) is 6.68. The van der Waals surface area contributed by atoms with Crippen molar-refractivity contribution in [1.29, 1.82) is 0 Å². The van der Waals surface area contributed by atoms with Gasteiger partial charge in [0.05, 0.1) is 0 Å². The maximum absolute atomic E-state index is 2.32. The summed E-state index contributed by atoms with van der Waals surface area (Å²) in [6, 6.07) is 11.3. The summed E-state index contributed by atoms with van der Waals surface area (Å²) in [5.74, 6) is 0.739. The van der Waals surface area contributed by atoms with E-state index in [2.05, 4.69) is 51.1 Å². The van der Waals surface area contributed by atoms with Gasteiger partial charge in [0.1, 0.15) is 0 Å². The van der Waals surface area contributed by atoms with Gasteiger partial charge in [0.25, 0.3) is 0 Å². The Hall–Kier alpha value is 0.293. The topological polar surface area (TPSA) is 0 Å². The van der Waals surface area contributed by atoms with Crippen molar-refractivity contribution in [3.63, 3.8) is 0 Å². The zero-order valence-corrected chi connectivity index (χ0v) is 14.6. The summed E-state index contributed by atoms with van der Waals surface area (Å²) < 4.78 is 0. The fraction of sp³-hybridized carbons (Fsp3) is 0.357. The molecule has 0 aliphatic heterocycles. The van der Waals surface area contributed by atoms with Gasteiger partial charge in [-0.15, -0.1) is 65.4 Å². The number of rotatable bonds is 2. The third kappa shape index (κ3) is 5.20. The molecule has 17 heavy (non-hydrogen) atoms. The van der Waals surface area contributed by atoms with E-state index in [4.69, 9.17) is 0 Å². The fourth-order valence-electron chi connectivity index (χ4n) is 2.01. The Labute approximate surface area is 135 Å². The molecule has 0 N–H and O–H groups in total. The fourth-order valence-corrected chi connectivity index (χ4v) is 2.01. The van der Waals surface area contributed by atoms with Gasteiger partial charge in [-0.2, -0.15) is 6.07 Å². The van der Waals surface area contributed by atoms with Crippen molar-refractivity contribution in [1.82, 2.24) is 0 Å². The summed E-state index contributed by atoms with van der Waals surface area (Å²) in [6.07, 6.45) is 1.18. The standard InChI is InChI=1S/C14H17.2ClH.Zr/c1-10(2)6-12-4-5-13-7-11(3)8-14(13)9-12;;;/h4-5,7-10H,6H2,1-3H3;2*1H;/q-1;;;. The zero-order valence-electron chi connectivity index (χ0n) is 10.5. The first-order valence-corrected chi connectivity index (χ1v) is 5.31. The summed E-state index contributed by atoms with van der Waals surface area (Å²) >= 11 is 0. The number of halogens is 2. The molecule has 3 heteroatoms. The molecule has 2 rings (SSSR count). The molecule has 94 valence electrons. The molecule has 0 heterocycles. The minimum atomic E-state index is 0. The van der Waals surface area contributed by atoms with Crippen molar-refractivity contribution < 1.29 is 26.2 Å². The predicted octanol–water partition coefficient (Wildman–Crippen LogP) is 4.91. The van der Waals surface area contributed by atoms with Gasteiger partial charge < -0.3 is 0 Å². The first-order chi connectivity index (χ1) is 6.65. The van der Waals surface area contributed by atoms with Gasteiger partial charge in [0.15, 0.2) is 0 Å². The van der Waals surface area contributed by atoms with E-state index in [0.717, 1.165) is 5.92 Å². The van der Waals surface area contributed by atoms with Crippen LogP contribution in [0.2, 0.25) is 0 Å². The second-order valence-corrected chi connectivity index (χ2v) is 4.59. The predicted molar refractivity (Wildman–Crippen MR) is 77.3 cm³/mol. The molecule has 0 saturated heterocycles. The molecule has 0 aliphatic carbocycles. The second-order valence-electron chi connectivity index (χ2n) is 4.59. The van der Waals surface area contributed by atoms with Crippen LogP contribution in [0.5, 0.6) is 0 Å². The zero-order chi connectivity index (χ0) is 10.1. The number of aryl methyl sites for hydroxylation is 1. The van der Waals surface area contributed by atoms with E-state index in [-0.39, 0.29) is 51.0 Å².